The van der Waals surface area contributed by atoms with Gasteiger partial charge in [0.15, 0.2) is 0 Å². The molecule has 7 heteroatoms. The lowest BCUT2D eigenvalue weighted by atomic mass is 9.73. The van der Waals surface area contributed by atoms with E-state index in [2.05, 4.69) is 27.3 Å². The van der Waals surface area contributed by atoms with Gasteiger partial charge in [0.25, 0.3) is 0 Å². The van der Waals surface area contributed by atoms with E-state index in [0.717, 1.165) is 44.4 Å². The van der Waals surface area contributed by atoms with Gasteiger partial charge in [-0.3, -0.25) is 4.79 Å². The zero-order valence-corrected chi connectivity index (χ0v) is 23.1. The van der Waals surface area contributed by atoms with Crippen molar-refractivity contribution in [2.75, 3.05) is 13.2 Å². The zero-order chi connectivity index (χ0) is 25.6. The molecule has 0 radical (unpaired) electrons. The van der Waals surface area contributed by atoms with Crippen LogP contribution in [0.15, 0.2) is 24.3 Å². The van der Waals surface area contributed by atoms with Crippen molar-refractivity contribution >= 4 is 20.8 Å². The van der Waals surface area contributed by atoms with Crippen LogP contribution in [0.5, 0.6) is 11.5 Å². The predicted octanol–water partition coefficient (Wildman–Crippen LogP) is 6.65. The Hall–Kier alpha value is -1.70. The molecule has 0 amide bonds. The number of carbonyl (C=O) groups is 2. The molecule has 0 fully saturated rings. The van der Waals surface area contributed by atoms with Crippen LogP contribution in [0, 0.1) is 17.3 Å². The maximum atomic E-state index is 12.5. The third kappa shape index (κ3) is 12.1. The molecule has 2 unspecified atom stereocenters. The monoisotopic (exact) mass is 494 g/mol. The van der Waals surface area contributed by atoms with E-state index in [9.17, 15) is 14.7 Å². The number of rotatable bonds is 17. The Morgan fingerprint density at radius 3 is 2.15 bits per heavy atom. The quantitative estimate of drug-likeness (QED) is 0.0858. The average molecular weight is 495 g/mol. The molecule has 0 aromatic heterocycles. The van der Waals surface area contributed by atoms with Crippen LogP contribution in [-0.4, -0.2) is 39.1 Å². The summed E-state index contributed by atoms with van der Waals surface area (Å²) >= 11 is 0. The van der Waals surface area contributed by atoms with Gasteiger partial charge in [-0.1, -0.05) is 46.5 Å². The molecule has 1 N–H and O–H groups in total. The number of aldehydes is 1. The summed E-state index contributed by atoms with van der Waals surface area (Å²) in [6, 6.07) is 7.12. The lowest BCUT2D eigenvalue weighted by Crippen LogP contribution is -2.38. The molecule has 1 rings (SSSR count). The van der Waals surface area contributed by atoms with Crippen LogP contribution in [0.1, 0.15) is 79.6 Å². The molecule has 1 aromatic carbocycles. The first-order valence-electron chi connectivity index (χ1n) is 12.8. The number of benzene rings is 1. The highest BCUT2D eigenvalue weighted by Gasteiger charge is 2.31. The van der Waals surface area contributed by atoms with Gasteiger partial charge in [0.05, 0.1) is 0 Å². The number of esters is 1. The summed E-state index contributed by atoms with van der Waals surface area (Å²) in [5.41, 5.74) is -0.122. The summed E-state index contributed by atoms with van der Waals surface area (Å²) in [6.45, 7) is 13.9. The Morgan fingerprint density at radius 2 is 1.62 bits per heavy atom. The molecule has 194 valence electrons. The lowest BCUT2D eigenvalue weighted by molar-refractivity contribution is -0.137. The first-order valence-corrected chi connectivity index (χ1v) is 15.3. The third-order valence-electron chi connectivity index (χ3n) is 6.34. The van der Waals surface area contributed by atoms with Gasteiger partial charge in [0, 0.05) is 25.6 Å². The van der Waals surface area contributed by atoms with E-state index < -0.39 is 8.56 Å². The first-order chi connectivity index (χ1) is 16.0. The van der Waals surface area contributed by atoms with Crippen molar-refractivity contribution in [3.63, 3.8) is 0 Å². The van der Waals surface area contributed by atoms with E-state index in [-0.39, 0.29) is 35.4 Å². The largest absolute Gasteiger partial charge is 0.508 e. The molecule has 0 saturated heterocycles. The van der Waals surface area contributed by atoms with Crippen molar-refractivity contribution < 1.29 is 28.3 Å². The zero-order valence-electron chi connectivity index (χ0n) is 22.1. The summed E-state index contributed by atoms with van der Waals surface area (Å²) in [7, 11) is -2.04. The smallest absolute Gasteiger partial charge is 0.334 e. The molecule has 0 spiro atoms. The number of phenolic OH excluding ortho intramolecular Hbond substituents is 1. The fourth-order valence-electron chi connectivity index (χ4n) is 4.24. The van der Waals surface area contributed by atoms with Crippen LogP contribution >= 0.6 is 0 Å². The minimum absolute atomic E-state index is 0.0383. The molecule has 0 saturated carbocycles. The molecule has 0 aliphatic carbocycles. The summed E-state index contributed by atoms with van der Waals surface area (Å²) in [5.74, 6) is 0.204. The average Bonchev–Trinajstić information content (AvgIpc) is 2.75. The Kier molecular flexibility index (Phi) is 13.7. The standard InChI is InChI=1S/C27H46O6Si/c1-7-31-34(6,32-8-2)18-12-10-9-11-13-22(21-28)19-23(27(3,4)5)20-26(30)33-25-16-14-24(29)15-17-25/h14-17,21-23,29H,7-13,18-20H2,1-6H3. The second-order valence-corrected chi connectivity index (χ2v) is 13.7. The number of ether oxygens (including phenoxy) is 1. The minimum atomic E-state index is -2.04. The van der Waals surface area contributed by atoms with E-state index >= 15 is 0 Å². The molecular formula is C27H46O6Si. The van der Waals surface area contributed by atoms with Crippen molar-refractivity contribution in [3.8, 4) is 11.5 Å². The van der Waals surface area contributed by atoms with Crippen molar-refractivity contribution in [2.45, 2.75) is 92.2 Å². The molecule has 0 aliphatic rings. The van der Waals surface area contributed by atoms with Crippen molar-refractivity contribution in [1.82, 2.24) is 0 Å². The van der Waals surface area contributed by atoms with Gasteiger partial charge >= 0.3 is 14.5 Å². The number of aromatic hydroxyl groups is 1. The topological polar surface area (TPSA) is 82.1 Å². The molecule has 2 atom stereocenters. The second-order valence-electron chi connectivity index (χ2n) is 10.3. The SMILES string of the molecule is CCO[Si](C)(CCCCCCC(C=O)CC(CC(=O)Oc1ccc(O)cc1)C(C)(C)C)OCC. The van der Waals surface area contributed by atoms with Crippen LogP contribution in [0.4, 0.5) is 0 Å². The van der Waals surface area contributed by atoms with Crippen LogP contribution < -0.4 is 4.74 Å². The Labute approximate surface area is 207 Å². The van der Waals surface area contributed by atoms with Gasteiger partial charge in [0.2, 0.25) is 0 Å². The van der Waals surface area contributed by atoms with Crippen molar-refractivity contribution in [3.05, 3.63) is 24.3 Å². The number of phenols is 1. The predicted molar refractivity (Wildman–Crippen MR) is 138 cm³/mol. The molecule has 34 heavy (non-hydrogen) atoms. The molecular weight excluding hydrogens is 448 g/mol. The summed E-state index contributed by atoms with van der Waals surface area (Å²) in [4.78, 5) is 24.3. The molecule has 0 aliphatic heterocycles. The highest BCUT2D eigenvalue weighted by atomic mass is 28.4. The van der Waals surface area contributed by atoms with E-state index in [4.69, 9.17) is 13.6 Å². The Morgan fingerprint density at radius 1 is 1.03 bits per heavy atom. The van der Waals surface area contributed by atoms with Crippen LogP contribution in [0.3, 0.4) is 0 Å². The maximum absolute atomic E-state index is 12.5. The number of unbranched alkanes of at least 4 members (excludes halogenated alkanes) is 3. The van der Waals surface area contributed by atoms with Crippen LogP contribution in [0.25, 0.3) is 0 Å². The molecule has 0 bridgehead atoms. The van der Waals surface area contributed by atoms with Gasteiger partial charge in [-0.05, 0) is 74.9 Å². The summed E-state index contributed by atoms with van der Waals surface area (Å²) in [5, 5.41) is 9.38. The minimum Gasteiger partial charge on any atom is -0.508 e. The van der Waals surface area contributed by atoms with Gasteiger partial charge in [-0.2, -0.15) is 0 Å². The van der Waals surface area contributed by atoms with E-state index in [1.165, 1.54) is 12.1 Å². The van der Waals surface area contributed by atoms with Crippen molar-refractivity contribution in [1.29, 1.82) is 0 Å². The summed E-state index contributed by atoms with van der Waals surface area (Å²) < 4.78 is 17.2. The number of hydrogen-bond acceptors (Lipinski definition) is 6. The fourth-order valence-corrected chi connectivity index (χ4v) is 6.73. The van der Waals surface area contributed by atoms with Gasteiger partial charge in [-0.25, -0.2) is 0 Å². The Bertz CT molecular complexity index is 707. The van der Waals surface area contributed by atoms with Gasteiger partial charge < -0.3 is 23.5 Å². The normalized spacial score (nSPS) is 13.9. The number of hydrogen-bond donors (Lipinski definition) is 1. The summed E-state index contributed by atoms with van der Waals surface area (Å²) in [6.07, 6.45) is 7.10. The van der Waals surface area contributed by atoms with Gasteiger partial charge in [-0.15, -0.1) is 0 Å². The van der Waals surface area contributed by atoms with Crippen molar-refractivity contribution in [2.24, 2.45) is 17.3 Å². The van der Waals surface area contributed by atoms with E-state index in [0.29, 0.717) is 25.4 Å². The van der Waals surface area contributed by atoms with E-state index in [1.54, 1.807) is 12.1 Å². The third-order valence-corrected chi connectivity index (χ3v) is 9.40. The van der Waals surface area contributed by atoms with Crippen LogP contribution in [-0.2, 0) is 18.4 Å². The molecule has 0 heterocycles. The molecule has 1 aromatic rings. The highest BCUT2D eigenvalue weighted by molar-refractivity contribution is 6.66. The maximum Gasteiger partial charge on any atom is 0.334 e. The second kappa shape index (κ2) is 15.3. The lowest BCUT2D eigenvalue weighted by Gasteiger charge is -2.32. The number of carbonyl (C=O) groups excluding carboxylic acids is 2. The van der Waals surface area contributed by atoms with Crippen LogP contribution in [0.2, 0.25) is 12.6 Å². The Balaban J connectivity index is 2.48. The van der Waals surface area contributed by atoms with E-state index in [1.807, 2.05) is 13.8 Å². The highest BCUT2D eigenvalue weighted by Crippen LogP contribution is 2.35. The fraction of sp³-hybridized carbons (Fsp3) is 0.704. The first kappa shape index (κ1) is 30.3. The van der Waals surface area contributed by atoms with Gasteiger partial charge in [0.1, 0.15) is 17.8 Å². The molecule has 6 nitrogen and oxygen atoms in total.